The predicted molar refractivity (Wildman–Crippen MR) is 132 cm³/mol. The zero-order chi connectivity index (χ0) is 23.4. The Hall–Kier alpha value is -3.06. The highest BCUT2D eigenvalue weighted by molar-refractivity contribution is 7.98. The summed E-state index contributed by atoms with van der Waals surface area (Å²) >= 11 is 1.49. The Bertz CT molecular complexity index is 1220. The molecular formula is C26H29N3O3S. The van der Waals surface area contributed by atoms with Gasteiger partial charge in [0, 0.05) is 30.7 Å². The Balaban J connectivity index is 1.70. The van der Waals surface area contributed by atoms with E-state index in [2.05, 4.69) is 36.3 Å². The minimum absolute atomic E-state index is 0.119. The van der Waals surface area contributed by atoms with Gasteiger partial charge in [0.05, 0.1) is 12.2 Å². The molecule has 3 aromatic rings. The molecule has 0 fully saturated rings. The number of fused-ring (bicyclic) bond motifs is 1. The molecule has 0 saturated carbocycles. The van der Waals surface area contributed by atoms with Crippen molar-refractivity contribution in [1.82, 2.24) is 9.55 Å². The quantitative estimate of drug-likeness (QED) is 0.288. The molecule has 1 amide bonds. The Morgan fingerprint density at radius 3 is 2.70 bits per heavy atom. The van der Waals surface area contributed by atoms with Crippen molar-refractivity contribution >= 4 is 23.5 Å². The summed E-state index contributed by atoms with van der Waals surface area (Å²) in [6.45, 7) is 4.78. The van der Waals surface area contributed by atoms with Gasteiger partial charge in [-0.2, -0.15) is 4.98 Å². The fraction of sp³-hybridized carbons (Fsp3) is 0.346. The highest BCUT2D eigenvalue weighted by Gasteiger charge is 2.33. The molecule has 2 aromatic carbocycles. The van der Waals surface area contributed by atoms with Crippen LogP contribution in [-0.2, 0) is 17.6 Å². The molecule has 0 radical (unpaired) electrons. The summed E-state index contributed by atoms with van der Waals surface area (Å²) in [7, 11) is 1.85. The van der Waals surface area contributed by atoms with Crippen molar-refractivity contribution in [2.45, 2.75) is 49.9 Å². The lowest BCUT2D eigenvalue weighted by molar-refractivity contribution is -0.116. The average molecular weight is 464 g/mol. The number of hydrogen-bond acceptors (Lipinski definition) is 5. The molecule has 0 bridgehead atoms. The third-order valence-corrected chi connectivity index (χ3v) is 7.05. The molecule has 1 aliphatic rings. The SMILES string of the molecule is CCCCOc1ccccc1[C@H]1CC(=O)Nc2c1c(=O)nc(SCc1ccccc1C)n2C. The molecular weight excluding hydrogens is 434 g/mol. The fourth-order valence-electron chi connectivity index (χ4n) is 4.07. The molecule has 0 saturated heterocycles. The van der Waals surface area contributed by atoms with Crippen LogP contribution in [0.5, 0.6) is 5.75 Å². The first-order valence-corrected chi connectivity index (χ1v) is 12.3. The number of thioether (sulfide) groups is 1. The number of aryl methyl sites for hydroxylation is 1. The molecule has 1 aliphatic heterocycles. The summed E-state index contributed by atoms with van der Waals surface area (Å²) in [5, 5.41) is 3.50. The van der Waals surface area contributed by atoms with E-state index in [9.17, 15) is 9.59 Å². The molecule has 1 aromatic heterocycles. The van der Waals surface area contributed by atoms with Crippen LogP contribution in [0.15, 0.2) is 58.5 Å². The number of ether oxygens (including phenoxy) is 1. The number of hydrogen-bond donors (Lipinski definition) is 1. The summed E-state index contributed by atoms with van der Waals surface area (Å²) in [6.07, 6.45) is 2.17. The van der Waals surface area contributed by atoms with Gasteiger partial charge in [0.15, 0.2) is 5.16 Å². The van der Waals surface area contributed by atoms with Crippen molar-refractivity contribution in [1.29, 1.82) is 0 Å². The van der Waals surface area contributed by atoms with Gasteiger partial charge in [-0.3, -0.25) is 9.59 Å². The van der Waals surface area contributed by atoms with E-state index in [4.69, 9.17) is 4.74 Å². The highest BCUT2D eigenvalue weighted by atomic mass is 32.2. The second kappa shape index (κ2) is 10.3. The Kier molecular flexibility index (Phi) is 7.18. The van der Waals surface area contributed by atoms with Crippen LogP contribution in [0.3, 0.4) is 0 Å². The summed E-state index contributed by atoms with van der Waals surface area (Å²) in [4.78, 5) is 30.3. The maximum Gasteiger partial charge on any atom is 0.279 e. The van der Waals surface area contributed by atoms with Crippen molar-refractivity contribution in [2.24, 2.45) is 7.05 Å². The molecule has 7 heteroatoms. The zero-order valence-corrected chi connectivity index (χ0v) is 20.1. The minimum Gasteiger partial charge on any atom is -0.493 e. The number of anilines is 1. The van der Waals surface area contributed by atoms with E-state index in [0.29, 0.717) is 28.9 Å². The van der Waals surface area contributed by atoms with Crippen LogP contribution in [0.2, 0.25) is 0 Å². The highest BCUT2D eigenvalue weighted by Crippen LogP contribution is 2.39. The number of aromatic nitrogens is 2. The van der Waals surface area contributed by atoms with Gasteiger partial charge in [-0.25, -0.2) is 0 Å². The molecule has 172 valence electrons. The summed E-state index contributed by atoms with van der Waals surface area (Å²) < 4.78 is 7.83. The van der Waals surface area contributed by atoms with E-state index >= 15 is 0 Å². The number of nitrogens with zero attached hydrogens (tertiary/aromatic N) is 2. The van der Waals surface area contributed by atoms with Crippen LogP contribution in [0, 0.1) is 6.92 Å². The van der Waals surface area contributed by atoms with E-state index in [0.717, 1.165) is 24.2 Å². The van der Waals surface area contributed by atoms with Gasteiger partial charge < -0.3 is 14.6 Å². The van der Waals surface area contributed by atoms with Crippen LogP contribution in [0.1, 0.15) is 54.4 Å². The zero-order valence-electron chi connectivity index (χ0n) is 19.3. The van der Waals surface area contributed by atoms with E-state index in [1.54, 1.807) is 0 Å². The van der Waals surface area contributed by atoms with Gasteiger partial charge >= 0.3 is 0 Å². The second-order valence-corrected chi connectivity index (χ2v) is 9.22. The Morgan fingerprint density at radius 2 is 1.91 bits per heavy atom. The number of nitrogens with one attached hydrogen (secondary N) is 1. The first-order valence-electron chi connectivity index (χ1n) is 11.3. The van der Waals surface area contributed by atoms with Crippen LogP contribution in [-0.4, -0.2) is 22.1 Å². The third kappa shape index (κ3) is 4.98. The van der Waals surface area contributed by atoms with E-state index in [1.165, 1.54) is 22.9 Å². The van der Waals surface area contributed by atoms with Crippen molar-refractivity contribution in [2.75, 3.05) is 11.9 Å². The molecule has 1 N–H and O–H groups in total. The number of unbranched alkanes of at least 4 members (excludes halogenated alkanes) is 1. The van der Waals surface area contributed by atoms with Gasteiger partial charge in [-0.15, -0.1) is 0 Å². The molecule has 4 rings (SSSR count). The van der Waals surface area contributed by atoms with Crippen LogP contribution in [0.4, 0.5) is 5.82 Å². The Labute approximate surface area is 198 Å². The third-order valence-electron chi connectivity index (χ3n) is 5.97. The standard InChI is InChI=1S/C26H29N3O3S/c1-4-5-14-32-21-13-9-8-12-19(21)20-15-22(30)27-24-23(20)25(31)28-26(29(24)3)33-16-18-11-7-6-10-17(18)2/h6-13,20H,4-5,14-16H2,1-3H3,(H,27,30)/t20-/m1/s1. The van der Waals surface area contributed by atoms with Gasteiger partial charge in [0.2, 0.25) is 5.91 Å². The van der Waals surface area contributed by atoms with Crippen LogP contribution >= 0.6 is 11.8 Å². The molecule has 0 aliphatic carbocycles. The van der Waals surface area contributed by atoms with Crippen LogP contribution in [0.25, 0.3) is 0 Å². The maximum absolute atomic E-state index is 13.2. The fourth-order valence-corrected chi connectivity index (χ4v) is 5.11. The van der Waals surface area contributed by atoms with Crippen molar-refractivity contribution in [3.63, 3.8) is 0 Å². The number of para-hydroxylation sites is 1. The maximum atomic E-state index is 13.2. The van der Waals surface area contributed by atoms with Gasteiger partial charge in [0.25, 0.3) is 5.56 Å². The number of rotatable bonds is 8. The molecule has 33 heavy (non-hydrogen) atoms. The normalized spacial score (nSPS) is 15.1. The molecule has 2 heterocycles. The molecule has 0 unspecified atom stereocenters. The van der Waals surface area contributed by atoms with E-state index in [1.807, 2.05) is 48.0 Å². The lowest BCUT2D eigenvalue weighted by atomic mass is 9.86. The van der Waals surface area contributed by atoms with Crippen molar-refractivity contribution in [3.8, 4) is 5.75 Å². The number of benzene rings is 2. The van der Waals surface area contributed by atoms with E-state index < -0.39 is 5.92 Å². The first-order chi connectivity index (χ1) is 16.0. The van der Waals surface area contributed by atoms with Crippen molar-refractivity contribution < 1.29 is 9.53 Å². The topological polar surface area (TPSA) is 73.2 Å². The summed E-state index contributed by atoms with van der Waals surface area (Å²) in [5.41, 5.74) is 3.45. The van der Waals surface area contributed by atoms with Crippen LogP contribution < -0.4 is 15.6 Å². The lowest BCUT2D eigenvalue weighted by Gasteiger charge is -2.28. The number of carbonyl (C=O) groups is 1. The Morgan fingerprint density at radius 1 is 1.15 bits per heavy atom. The monoisotopic (exact) mass is 463 g/mol. The number of carbonyl (C=O) groups excluding carboxylic acids is 1. The van der Waals surface area contributed by atoms with E-state index in [-0.39, 0.29) is 17.9 Å². The number of amides is 1. The minimum atomic E-state index is -0.395. The van der Waals surface area contributed by atoms with Crippen molar-refractivity contribution in [3.05, 3.63) is 81.1 Å². The summed E-state index contributed by atoms with van der Waals surface area (Å²) in [5.74, 6) is 1.42. The van der Waals surface area contributed by atoms with Gasteiger partial charge in [-0.1, -0.05) is 67.6 Å². The molecule has 6 nitrogen and oxygen atoms in total. The molecule has 1 atom stereocenters. The predicted octanol–water partition coefficient (Wildman–Crippen LogP) is 5.03. The van der Waals surface area contributed by atoms with Gasteiger partial charge in [0.1, 0.15) is 11.6 Å². The molecule has 0 spiro atoms. The largest absolute Gasteiger partial charge is 0.493 e. The second-order valence-electron chi connectivity index (χ2n) is 8.28. The summed E-state index contributed by atoms with van der Waals surface area (Å²) in [6, 6.07) is 15.8. The lowest BCUT2D eigenvalue weighted by Crippen LogP contribution is -2.33. The van der Waals surface area contributed by atoms with Gasteiger partial charge in [-0.05, 0) is 30.5 Å². The first kappa shape index (κ1) is 23.1. The smallest absolute Gasteiger partial charge is 0.279 e. The average Bonchev–Trinajstić information content (AvgIpc) is 2.81.